The van der Waals surface area contributed by atoms with Crippen molar-refractivity contribution in [3.63, 3.8) is 0 Å². The number of hydrogen-bond donors (Lipinski definition) is 1. The maximum atomic E-state index is 5.30. The Morgan fingerprint density at radius 2 is 2.13 bits per heavy atom. The number of thiazole rings is 1. The highest BCUT2D eigenvalue weighted by molar-refractivity contribution is 7.09. The minimum Gasteiger partial charge on any atom is -0.497 e. The first kappa shape index (κ1) is 16.2. The standard InChI is InChI=1S/C18H20N2OS2/c1-13-11-23-18(20-13)17(9-15-6-7-22-12-15)19-10-14-4-3-5-16(8-14)21-2/h3-8,11-12,17,19H,9-10H2,1-2H3. The number of methoxy groups -OCH3 is 1. The van der Waals surface area contributed by atoms with Gasteiger partial charge in [-0.15, -0.1) is 11.3 Å². The summed E-state index contributed by atoms with van der Waals surface area (Å²) in [5, 5.41) is 11.3. The third-order valence-corrected chi connectivity index (χ3v) is 5.45. The van der Waals surface area contributed by atoms with Gasteiger partial charge >= 0.3 is 0 Å². The van der Waals surface area contributed by atoms with Crippen molar-refractivity contribution < 1.29 is 4.74 Å². The van der Waals surface area contributed by atoms with Gasteiger partial charge in [-0.05, 0) is 53.4 Å². The molecule has 0 bridgehead atoms. The molecule has 120 valence electrons. The van der Waals surface area contributed by atoms with Crippen LogP contribution in [0.4, 0.5) is 0 Å². The Kier molecular flexibility index (Phi) is 5.43. The van der Waals surface area contributed by atoms with E-state index in [2.05, 4.69) is 44.6 Å². The Morgan fingerprint density at radius 3 is 2.83 bits per heavy atom. The Morgan fingerprint density at radius 1 is 1.22 bits per heavy atom. The van der Waals surface area contributed by atoms with Gasteiger partial charge < -0.3 is 10.1 Å². The van der Waals surface area contributed by atoms with E-state index in [9.17, 15) is 0 Å². The fourth-order valence-electron chi connectivity index (χ4n) is 2.45. The fourth-order valence-corrected chi connectivity index (χ4v) is 4.00. The predicted molar refractivity (Wildman–Crippen MR) is 97.4 cm³/mol. The van der Waals surface area contributed by atoms with Gasteiger partial charge in [0.25, 0.3) is 0 Å². The number of benzene rings is 1. The number of rotatable bonds is 7. The molecule has 3 aromatic rings. The van der Waals surface area contributed by atoms with Gasteiger partial charge in [0.2, 0.25) is 0 Å². The minimum atomic E-state index is 0.231. The van der Waals surface area contributed by atoms with Gasteiger partial charge in [0.15, 0.2) is 0 Å². The summed E-state index contributed by atoms with van der Waals surface area (Å²) < 4.78 is 5.30. The Balaban J connectivity index is 1.72. The molecule has 0 aliphatic carbocycles. The summed E-state index contributed by atoms with van der Waals surface area (Å²) in [5.74, 6) is 0.892. The lowest BCUT2D eigenvalue weighted by atomic mass is 10.1. The molecule has 0 spiro atoms. The summed E-state index contributed by atoms with van der Waals surface area (Å²) in [6, 6.07) is 10.6. The van der Waals surface area contributed by atoms with E-state index < -0.39 is 0 Å². The van der Waals surface area contributed by atoms with Crippen LogP contribution in [0.15, 0.2) is 46.5 Å². The van der Waals surface area contributed by atoms with Crippen LogP contribution in [0.2, 0.25) is 0 Å². The van der Waals surface area contributed by atoms with Crippen LogP contribution in [-0.4, -0.2) is 12.1 Å². The van der Waals surface area contributed by atoms with E-state index in [4.69, 9.17) is 4.74 Å². The van der Waals surface area contributed by atoms with E-state index in [1.165, 1.54) is 11.1 Å². The zero-order valence-electron chi connectivity index (χ0n) is 13.3. The quantitative estimate of drug-likeness (QED) is 0.680. The second-order valence-electron chi connectivity index (χ2n) is 5.45. The fraction of sp³-hybridized carbons (Fsp3) is 0.278. The molecule has 1 unspecified atom stereocenters. The van der Waals surface area contributed by atoms with Crippen LogP contribution in [0.25, 0.3) is 0 Å². The minimum absolute atomic E-state index is 0.231. The third kappa shape index (κ3) is 4.41. The van der Waals surface area contributed by atoms with Crippen molar-refractivity contribution in [3.8, 4) is 5.75 Å². The molecular weight excluding hydrogens is 324 g/mol. The molecule has 0 aliphatic rings. The van der Waals surface area contributed by atoms with Crippen LogP contribution in [0, 0.1) is 6.92 Å². The summed E-state index contributed by atoms with van der Waals surface area (Å²) in [6.07, 6.45) is 0.959. The van der Waals surface area contributed by atoms with Gasteiger partial charge in [-0.3, -0.25) is 0 Å². The number of ether oxygens (including phenoxy) is 1. The van der Waals surface area contributed by atoms with Crippen LogP contribution < -0.4 is 10.1 Å². The molecule has 0 radical (unpaired) electrons. The van der Waals surface area contributed by atoms with Crippen molar-refractivity contribution in [3.05, 3.63) is 68.3 Å². The van der Waals surface area contributed by atoms with E-state index in [0.717, 1.165) is 29.4 Å². The van der Waals surface area contributed by atoms with Crippen molar-refractivity contribution in [1.29, 1.82) is 0 Å². The third-order valence-electron chi connectivity index (χ3n) is 3.64. The number of nitrogens with one attached hydrogen (secondary N) is 1. The lowest BCUT2D eigenvalue weighted by molar-refractivity contribution is 0.413. The van der Waals surface area contributed by atoms with E-state index in [1.807, 2.05) is 19.1 Å². The van der Waals surface area contributed by atoms with E-state index in [0.29, 0.717) is 0 Å². The molecule has 0 fully saturated rings. The van der Waals surface area contributed by atoms with Crippen molar-refractivity contribution >= 4 is 22.7 Å². The smallest absolute Gasteiger partial charge is 0.119 e. The van der Waals surface area contributed by atoms with Crippen molar-refractivity contribution in [1.82, 2.24) is 10.3 Å². The molecule has 2 aromatic heterocycles. The van der Waals surface area contributed by atoms with Crippen molar-refractivity contribution in [2.24, 2.45) is 0 Å². The zero-order chi connectivity index (χ0) is 16.1. The van der Waals surface area contributed by atoms with Crippen molar-refractivity contribution in [2.45, 2.75) is 25.9 Å². The number of nitrogens with zero attached hydrogens (tertiary/aromatic N) is 1. The van der Waals surface area contributed by atoms with Gasteiger partial charge in [-0.1, -0.05) is 12.1 Å². The first-order valence-electron chi connectivity index (χ1n) is 7.54. The van der Waals surface area contributed by atoms with Crippen LogP contribution in [0.3, 0.4) is 0 Å². The van der Waals surface area contributed by atoms with Crippen LogP contribution in [0.5, 0.6) is 5.75 Å². The maximum absolute atomic E-state index is 5.30. The highest BCUT2D eigenvalue weighted by Crippen LogP contribution is 2.24. The van der Waals surface area contributed by atoms with Crippen LogP contribution in [0.1, 0.15) is 27.9 Å². The summed E-state index contributed by atoms with van der Waals surface area (Å²) >= 11 is 3.47. The molecule has 3 nitrogen and oxygen atoms in total. The topological polar surface area (TPSA) is 34.1 Å². The van der Waals surface area contributed by atoms with Gasteiger partial charge in [0.1, 0.15) is 10.8 Å². The number of aryl methyl sites for hydroxylation is 1. The van der Waals surface area contributed by atoms with Gasteiger partial charge in [-0.2, -0.15) is 11.3 Å². The van der Waals surface area contributed by atoms with E-state index >= 15 is 0 Å². The lowest BCUT2D eigenvalue weighted by Crippen LogP contribution is -2.22. The molecule has 3 rings (SSSR count). The Labute approximate surface area is 145 Å². The zero-order valence-corrected chi connectivity index (χ0v) is 14.9. The normalized spacial score (nSPS) is 12.3. The van der Waals surface area contributed by atoms with Crippen molar-refractivity contribution in [2.75, 3.05) is 7.11 Å². The molecule has 1 N–H and O–H groups in total. The molecule has 0 amide bonds. The summed E-state index contributed by atoms with van der Waals surface area (Å²) in [6.45, 7) is 2.84. The molecule has 0 saturated carbocycles. The van der Waals surface area contributed by atoms with E-state index in [1.54, 1.807) is 29.8 Å². The highest BCUT2D eigenvalue weighted by Gasteiger charge is 2.16. The van der Waals surface area contributed by atoms with Crippen LogP contribution in [-0.2, 0) is 13.0 Å². The van der Waals surface area contributed by atoms with Crippen LogP contribution >= 0.6 is 22.7 Å². The first-order chi connectivity index (χ1) is 11.2. The molecule has 0 saturated heterocycles. The molecule has 0 aliphatic heterocycles. The SMILES string of the molecule is COc1cccc(CNC(Cc2ccsc2)c2nc(C)cs2)c1. The first-order valence-corrected chi connectivity index (χ1v) is 9.36. The number of aromatic nitrogens is 1. The summed E-state index contributed by atoms with van der Waals surface area (Å²) in [4.78, 5) is 4.67. The molecule has 23 heavy (non-hydrogen) atoms. The number of hydrogen-bond acceptors (Lipinski definition) is 5. The summed E-state index contributed by atoms with van der Waals surface area (Å²) in [5.41, 5.74) is 3.66. The average Bonchev–Trinajstić information content (AvgIpc) is 3.23. The molecule has 2 heterocycles. The lowest BCUT2D eigenvalue weighted by Gasteiger charge is -2.16. The van der Waals surface area contributed by atoms with Gasteiger partial charge in [0.05, 0.1) is 13.2 Å². The molecule has 1 atom stereocenters. The predicted octanol–water partition coefficient (Wildman–Crippen LogP) is 4.60. The van der Waals surface area contributed by atoms with Gasteiger partial charge in [-0.25, -0.2) is 4.98 Å². The molecule has 5 heteroatoms. The Bertz CT molecular complexity index is 737. The average molecular weight is 345 g/mol. The summed E-state index contributed by atoms with van der Waals surface area (Å²) in [7, 11) is 1.70. The number of thiophene rings is 1. The maximum Gasteiger partial charge on any atom is 0.119 e. The second kappa shape index (κ2) is 7.73. The highest BCUT2D eigenvalue weighted by atomic mass is 32.1. The monoisotopic (exact) mass is 344 g/mol. The van der Waals surface area contributed by atoms with E-state index in [-0.39, 0.29) is 6.04 Å². The largest absolute Gasteiger partial charge is 0.497 e. The Hall–Kier alpha value is -1.69. The molecule has 1 aromatic carbocycles. The molecular formula is C18H20N2OS2. The van der Waals surface area contributed by atoms with Gasteiger partial charge in [0, 0.05) is 17.6 Å². The second-order valence-corrected chi connectivity index (χ2v) is 7.12.